The Bertz CT molecular complexity index is 639. The number of halogens is 2. The number of hydrogen-bond acceptors (Lipinski definition) is 4. The predicted octanol–water partition coefficient (Wildman–Crippen LogP) is 1.40. The molecule has 1 amide bonds. The Labute approximate surface area is 148 Å². The lowest BCUT2D eigenvalue weighted by molar-refractivity contribution is -0.123. The lowest BCUT2D eigenvalue weighted by atomic mass is 10.0. The fraction of sp³-hybridized carbons (Fsp3) is 0.533. The molecule has 4 N–H and O–H groups in total. The van der Waals surface area contributed by atoms with E-state index in [1.165, 1.54) is 12.1 Å². The van der Waals surface area contributed by atoms with Crippen molar-refractivity contribution in [3.05, 3.63) is 30.1 Å². The van der Waals surface area contributed by atoms with Gasteiger partial charge in [-0.3, -0.25) is 4.79 Å². The summed E-state index contributed by atoms with van der Waals surface area (Å²) in [6, 6.07) is 3.97. The van der Waals surface area contributed by atoms with Crippen LogP contribution in [0.1, 0.15) is 27.2 Å². The molecule has 1 aromatic rings. The van der Waals surface area contributed by atoms with Gasteiger partial charge in [0.2, 0.25) is 15.9 Å². The quantitative estimate of drug-likeness (QED) is 0.633. The van der Waals surface area contributed by atoms with E-state index >= 15 is 0 Å². The van der Waals surface area contributed by atoms with Gasteiger partial charge in [0.05, 0.1) is 0 Å². The molecular formula is C15H25ClFN3O3S. The van der Waals surface area contributed by atoms with Crippen molar-refractivity contribution in [2.24, 2.45) is 11.7 Å². The summed E-state index contributed by atoms with van der Waals surface area (Å²) in [7, 11) is -4.13. The van der Waals surface area contributed by atoms with Crippen LogP contribution >= 0.6 is 12.4 Å². The van der Waals surface area contributed by atoms with Crippen LogP contribution in [0.5, 0.6) is 0 Å². The van der Waals surface area contributed by atoms with E-state index < -0.39 is 32.7 Å². The Kier molecular flexibility index (Phi) is 9.42. The van der Waals surface area contributed by atoms with E-state index in [0.717, 1.165) is 12.1 Å². The van der Waals surface area contributed by atoms with Crippen LogP contribution in [0.3, 0.4) is 0 Å². The minimum absolute atomic E-state index is 0. The number of nitrogens with two attached hydrogens (primary N) is 1. The Morgan fingerprint density at radius 2 is 1.83 bits per heavy atom. The molecule has 0 bridgehead atoms. The van der Waals surface area contributed by atoms with Gasteiger partial charge in [0.15, 0.2) is 0 Å². The number of nitrogens with one attached hydrogen (secondary N) is 2. The molecule has 0 fully saturated rings. The maximum Gasteiger partial charge on any atom is 0.244 e. The molecule has 24 heavy (non-hydrogen) atoms. The molecule has 0 spiro atoms. The van der Waals surface area contributed by atoms with E-state index in [2.05, 4.69) is 10.0 Å². The standard InChI is InChI=1S/C15H24FN3O3S.ClH/c1-10(2)14(15(20)18-9-8-11(3)17)19-23(21,22)13-7-5-4-6-12(13)16;/h4-7,10-11,14,19H,8-9,17H2,1-3H3,(H,18,20);1H. The molecule has 0 aliphatic rings. The van der Waals surface area contributed by atoms with Crippen LogP contribution in [-0.4, -0.2) is 33.0 Å². The molecule has 0 aromatic heterocycles. The fourth-order valence-corrected chi connectivity index (χ4v) is 3.34. The van der Waals surface area contributed by atoms with Gasteiger partial charge < -0.3 is 11.1 Å². The molecule has 9 heteroatoms. The molecule has 2 unspecified atom stereocenters. The van der Waals surface area contributed by atoms with Crippen molar-refractivity contribution >= 4 is 28.3 Å². The second-order valence-corrected chi connectivity index (χ2v) is 7.51. The zero-order valence-electron chi connectivity index (χ0n) is 14.0. The second-order valence-electron chi connectivity index (χ2n) is 5.83. The Hall–Kier alpha value is -1.22. The maximum absolute atomic E-state index is 13.7. The monoisotopic (exact) mass is 381 g/mol. The maximum atomic E-state index is 13.7. The fourth-order valence-electron chi connectivity index (χ4n) is 1.92. The number of carbonyl (C=O) groups excluding carboxylic acids is 1. The van der Waals surface area contributed by atoms with Crippen LogP contribution < -0.4 is 15.8 Å². The van der Waals surface area contributed by atoms with Crippen molar-refractivity contribution in [3.63, 3.8) is 0 Å². The zero-order chi connectivity index (χ0) is 17.6. The number of benzene rings is 1. The summed E-state index contributed by atoms with van der Waals surface area (Å²) >= 11 is 0. The van der Waals surface area contributed by atoms with Gasteiger partial charge >= 0.3 is 0 Å². The smallest absolute Gasteiger partial charge is 0.244 e. The van der Waals surface area contributed by atoms with Crippen molar-refractivity contribution in [2.45, 2.75) is 44.2 Å². The molecule has 0 aliphatic heterocycles. The second kappa shape index (κ2) is 9.93. The van der Waals surface area contributed by atoms with Crippen LogP contribution in [0.2, 0.25) is 0 Å². The largest absolute Gasteiger partial charge is 0.355 e. The molecule has 0 aliphatic carbocycles. The van der Waals surface area contributed by atoms with Crippen molar-refractivity contribution in [3.8, 4) is 0 Å². The van der Waals surface area contributed by atoms with Gasteiger partial charge in [0, 0.05) is 12.6 Å². The summed E-state index contributed by atoms with van der Waals surface area (Å²) in [6.07, 6.45) is 0.580. The number of sulfonamides is 1. The minimum Gasteiger partial charge on any atom is -0.355 e. The molecule has 0 saturated carbocycles. The molecule has 2 atom stereocenters. The van der Waals surface area contributed by atoms with Crippen LogP contribution in [0, 0.1) is 11.7 Å². The summed E-state index contributed by atoms with van der Waals surface area (Å²) in [4.78, 5) is 11.7. The van der Waals surface area contributed by atoms with Gasteiger partial charge in [-0.15, -0.1) is 12.4 Å². The van der Waals surface area contributed by atoms with Crippen LogP contribution in [0.15, 0.2) is 29.2 Å². The van der Waals surface area contributed by atoms with Crippen molar-refractivity contribution < 1.29 is 17.6 Å². The van der Waals surface area contributed by atoms with Crippen LogP contribution in [0.25, 0.3) is 0 Å². The van der Waals surface area contributed by atoms with E-state index in [0.29, 0.717) is 13.0 Å². The molecular weight excluding hydrogens is 357 g/mol. The average Bonchev–Trinajstić information content (AvgIpc) is 2.44. The third-order valence-electron chi connectivity index (χ3n) is 3.26. The summed E-state index contributed by atoms with van der Waals surface area (Å²) in [6.45, 7) is 5.58. The van der Waals surface area contributed by atoms with Crippen molar-refractivity contribution in [1.82, 2.24) is 10.0 Å². The normalized spacial score (nSPS) is 13.9. The highest BCUT2D eigenvalue weighted by molar-refractivity contribution is 7.89. The van der Waals surface area contributed by atoms with E-state index in [9.17, 15) is 17.6 Å². The lowest BCUT2D eigenvalue weighted by Gasteiger charge is -2.22. The number of hydrogen-bond donors (Lipinski definition) is 3. The van der Waals surface area contributed by atoms with E-state index in [4.69, 9.17) is 5.73 Å². The van der Waals surface area contributed by atoms with Gasteiger partial charge in [-0.25, -0.2) is 12.8 Å². The first-order valence-corrected chi connectivity index (χ1v) is 8.93. The average molecular weight is 382 g/mol. The topological polar surface area (TPSA) is 101 Å². The number of carbonyl (C=O) groups is 1. The highest BCUT2D eigenvalue weighted by Crippen LogP contribution is 2.15. The number of amides is 1. The third-order valence-corrected chi connectivity index (χ3v) is 4.73. The highest BCUT2D eigenvalue weighted by atomic mass is 35.5. The Morgan fingerprint density at radius 1 is 1.25 bits per heavy atom. The summed E-state index contributed by atoms with van der Waals surface area (Å²) in [5, 5.41) is 2.64. The Balaban J connectivity index is 0.00000529. The molecule has 0 saturated heterocycles. The van der Waals surface area contributed by atoms with E-state index in [1.807, 2.05) is 6.92 Å². The molecule has 0 heterocycles. The minimum atomic E-state index is -4.13. The summed E-state index contributed by atoms with van der Waals surface area (Å²) in [5.41, 5.74) is 5.60. The first-order valence-electron chi connectivity index (χ1n) is 7.45. The predicted molar refractivity (Wildman–Crippen MR) is 93.9 cm³/mol. The summed E-state index contributed by atoms with van der Waals surface area (Å²) in [5.74, 6) is -1.62. The van der Waals surface area contributed by atoms with Crippen LogP contribution in [0.4, 0.5) is 4.39 Å². The molecule has 138 valence electrons. The first kappa shape index (κ1) is 22.8. The molecule has 1 aromatic carbocycles. The lowest BCUT2D eigenvalue weighted by Crippen LogP contribution is -2.50. The van der Waals surface area contributed by atoms with Crippen LogP contribution in [-0.2, 0) is 14.8 Å². The van der Waals surface area contributed by atoms with Gasteiger partial charge in [0.25, 0.3) is 0 Å². The number of rotatable bonds is 8. The molecule has 6 nitrogen and oxygen atoms in total. The van der Waals surface area contributed by atoms with Gasteiger partial charge in [0.1, 0.15) is 16.8 Å². The van der Waals surface area contributed by atoms with Gasteiger partial charge in [-0.2, -0.15) is 4.72 Å². The third kappa shape index (κ3) is 6.72. The first-order chi connectivity index (χ1) is 10.6. The zero-order valence-corrected chi connectivity index (χ0v) is 15.6. The van der Waals surface area contributed by atoms with Gasteiger partial charge in [-0.1, -0.05) is 26.0 Å². The van der Waals surface area contributed by atoms with Crippen molar-refractivity contribution in [1.29, 1.82) is 0 Å². The van der Waals surface area contributed by atoms with E-state index in [1.54, 1.807) is 13.8 Å². The SMILES string of the molecule is CC(N)CCNC(=O)C(NS(=O)(=O)c1ccccc1F)C(C)C.Cl. The summed E-state index contributed by atoms with van der Waals surface area (Å²) < 4.78 is 40.6. The Morgan fingerprint density at radius 3 is 2.33 bits per heavy atom. The van der Waals surface area contributed by atoms with E-state index in [-0.39, 0.29) is 24.4 Å². The highest BCUT2D eigenvalue weighted by Gasteiger charge is 2.29. The molecule has 0 radical (unpaired) electrons. The van der Waals surface area contributed by atoms with Crippen molar-refractivity contribution in [2.75, 3.05) is 6.54 Å². The molecule has 1 rings (SSSR count). The van der Waals surface area contributed by atoms with Gasteiger partial charge in [-0.05, 0) is 31.4 Å².